The fraction of sp³-hybridized carbons (Fsp3) is 0.300. The monoisotopic (exact) mass is 429 g/mol. The summed E-state index contributed by atoms with van der Waals surface area (Å²) in [5, 5.41) is 22.0. The Labute approximate surface area is 176 Å². The van der Waals surface area contributed by atoms with Crippen LogP contribution in [0.1, 0.15) is 18.4 Å². The Balaban J connectivity index is 1.54. The van der Waals surface area contributed by atoms with Gasteiger partial charge in [0.1, 0.15) is 6.61 Å². The topological polar surface area (TPSA) is 142 Å². The number of hydrogen-bond acceptors (Lipinski definition) is 8. The quantitative estimate of drug-likeness (QED) is 0.294. The molecule has 31 heavy (non-hydrogen) atoms. The van der Waals surface area contributed by atoms with Gasteiger partial charge in [0.2, 0.25) is 5.75 Å². The number of non-ortho nitro benzene ring substituents is 1. The Morgan fingerprint density at radius 1 is 1.00 bits per heavy atom. The van der Waals surface area contributed by atoms with Crippen molar-refractivity contribution >= 4 is 23.4 Å². The molecule has 0 bridgehead atoms. The van der Waals surface area contributed by atoms with E-state index in [1.165, 1.54) is 4.90 Å². The average molecular weight is 429 g/mol. The molecule has 3 rings (SSSR count). The molecule has 0 spiro atoms. The molecule has 1 aliphatic heterocycles. The van der Waals surface area contributed by atoms with Crippen molar-refractivity contribution in [1.82, 2.24) is 4.90 Å². The number of likely N-dealkylation sites (tertiary alicyclic amines) is 1. The summed E-state index contributed by atoms with van der Waals surface area (Å²) in [4.78, 5) is 46.5. The molecule has 0 N–H and O–H groups in total. The lowest BCUT2D eigenvalue weighted by Gasteiger charge is -2.30. The third kappa shape index (κ3) is 5.53. The van der Waals surface area contributed by atoms with Gasteiger partial charge >= 0.3 is 17.7 Å². The van der Waals surface area contributed by atoms with Crippen molar-refractivity contribution in [2.75, 3.05) is 13.1 Å². The van der Waals surface area contributed by atoms with Crippen LogP contribution in [-0.2, 0) is 16.1 Å². The van der Waals surface area contributed by atoms with E-state index in [1.807, 2.05) is 30.3 Å². The van der Waals surface area contributed by atoms with Gasteiger partial charge < -0.3 is 14.4 Å². The van der Waals surface area contributed by atoms with E-state index in [2.05, 4.69) is 0 Å². The lowest BCUT2D eigenvalue weighted by molar-refractivity contribution is -0.394. The van der Waals surface area contributed by atoms with Gasteiger partial charge in [-0.15, -0.1) is 0 Å². The maximum Gasteiger partial charge on any atom is 0.410 e. The molecule has 1 aliphatic rings. The van der Waals surface area contributed by atoms with Crippen LogP contribution in [0.5, 0.6) is 5.75 Å². The number of esters is 1. The van der Waals surface area contributed by atoms with Crippen molar-refractivity contribution in [2.24, 2.45) is 5.92 Å². The third-order valence-electron chi connectivity index (χ3n) is 4.85. The number of nitro groups is 2. The number of carbonyl (C=O) groups is 2. The van der Waals surface area contributed by atoms with Crippen LogP contribution in [0.15, 0.2) is 48.5 Å². The number of rotatable bonds is 6. The number of nitro benzene ring substituents is 2. The predicted molar refractivity (Wildman–Crippen MR) is 106 cm³/mol. The molecule has 11 nitrogen and oxygen atoms in total. The van der Waals surface area contributed by atoms with Crippen molar-refractivity contribution in [2.45, 2.75) is 19.4 Å². The highest BCUT2D eigenvalue weighted by molar-refractivity contribution is 5.77. The molecule has 0 aliphatic carbocycles. The zero-order chi connectivity index (χ0) is 22.4. The minimum Gasteiger partial charge on any atom is -0.445 e. The van der Waals surface area contributed by atoms with Crippen LogP contribution in [0.2, 0.25) is 0 Å². The highest BCUT2D eigenvalue weighted by atomic mass is 16.6. The molecule has 2 aromatic rings. The third-order valence-corrected chi connectivity index (χ3v) is 4.85. The minimum atomic E-state index is -0.846. The molecule has 0 unspecified atom stereocenters. The number of nitrogens with zero attached hydrogens (tertiary/aromatic N) is 3. The number of amides is 1. The first-order valence-electron chi connectivity index (χ1n) is 9.45. The van der Waals surface area contributed by atoms with Crippen LogP contribution in [0.25, 0.3) is 0 Å². The van der Waals surface area contributed by atoms with E-state index in [1.54, 1.807) is 0 Å². The Morgan fingerprint density at radius 2 is 1.68 bits per heavy atom. The fourth-order valence-electron chi connectivity index (χ4n) is 3.15. The molecule has 0 aromatic heterocycles. The fourth-order valence-corrected chi connectivity index (χ4v) is 3.15. The van der Waals surface area contributed by atoms with Gasteiger partial charge in [-0.2, -0.15) is 0 Å². The van der Waals surface area contributed by atoms with Crippen molar-refractivity contribution in [3.05, 3.63) is 74.3 Å². The highest BCUT2D eigenvalue weighted by Crippen LogP contribution is 2.32. The molecular weight excluding hydrogens is 410 g/mol. The maximum atomic E-state index is 12.4. The average Bonchev–Trinajstić information content (AvgIpc) is 2.78. The molecule has 0 atom stereocenters. The zero-order valence-electron chi connectivity index (χ0n) is 16.3. The maximum absolute atomic E-state index is 12.4. The van der Waals surface area contributed by atoms with Gasteiger partial charge in [0, 0.05) is 19.2 Å². The lowest BCUT2D eigenvalue weighted by atomic mass is 9.97. The smallest absolute Gasteiger partial charge is 0.410 e. The summed E-state index contributed by atoms with van der Waals surface area (Å²) >= 11 is 0. The van der Waals surface area contributed by atoms with Gasteiger partial charge in [-0.05, 0) is 24.5 Å². The molecule has 1 fully saturated rings. The van der Waals surface area contributed by atoms with Crippen LogP contribution in [0.4, 0.5) is 16.2 Å². The van der Waals surface area contributed by atoms with E-state index in [9.17, 15) is 29.8 Å². The first-order valence-corrected chi connectivity index (χ1v) is 9.45. The van der Waals surface area contributed by atoms with Crippen molar-refractivity contribution in [3.63, 3.8) is 0 Å². The van der Waals surface area contributed by atoms with Gasteiger partial charge in [-0.1, -0.05) is 30.3 Å². The minimum absolute atomic E-state index is 0.144. The summed E-state index contributed by atoms with van der Waals surface area (Å²) in [7, 11) is 0. The second kappa shape index (κ2) is 9.65. The molecule has 162 valence electrons. The van der Waals surface area contributed by atoms with E-state index in [0.29, 0.717) is 12.8 Å². The Hall–Kier alpha value is -4.02. The number of benzene rings is 2. The van der Waals surface area contributed by atoms with E-state index < -0.39 is 39.2 Å². The van der Waals surface area contributed by atoms with Crippen molar-refractivity contribution in [1.29, 1.82) is 0 Å². The molecule has 11 heteroatoms. The Bertz CT molecular complexity index is 987. The summed E-state index contributed by atoms with van der Waals surface area (Å²) < 4.78 is 10.4. The van der Waals surface area contributed by atoms with Gasteiger partial charge in [0.15, 0.2) is 0 Å². The molecule has 2 aromatic carbocycles. The number of ether oxygens (including phenoxy) is 2. The zero-order valence-corrected chi connectivity index (χ0v) is 16.3. The van der Waals surface area contributed by atoms with Crippen LogP contribution in [-0.4, -0.2) is 39.9 Å². The number of hydrogen-bond donors (Lipinski definition) is 0. The Morgan fingerprint density at radius 3 is 2.29 bits per heavy atom. The van der Waals surface area contributed by atoms with E-state index in [-0.39, 0.29) is 25.4 Å². The molecule has 1 heterocycles. The summed E-state index contributed by atoms with van der Waals surface area (Å²) in [5.41, 5.74) is -0.280. The van der Waals surface area contributed by atoms with E-state index in [0.717, 1.165) is 23.8 Å². The van der Waals surface area contributed by atoms with Crippen LogP contribution in [0.3, 0.4) is 0 Å². The first-order chi connectivity index (χ1) is 14.8. The van der Waals surface area contributed by atoms with Crippen LogP contribution < -0.4 is 4.74 Å². The van der Waals surface area contributed by atoms with E-state index in [4.69, 9.17) is 9.47 Å². The standard InChI is InChI=1S/C20H19N3O8/c24-19(31-18-7-6-16(22(26)27)12-17(18)23(28)29)15-8-10-21(11-9-15)20(25)30-13-14-4-2-1-3-5-14/h1-7,12,15H,8-11,13H2. The van der Waals surface area contributed by atoms with Crippen molar-refractivity contribution in [3.8, 4) is 5.75 Å². The molecule has 1 amide bonds. The van der Waals surface area contributed by atoms with Crippen LogP contribution >= 0.6 is 0 Å². The predicted octanol–water partition coefficient (Wildman–Crippen LogP) is 3.46. The second-order valence-electron chi connectivity index (χ2n) is 6.89. The van der Waals surface area contributed by atoms with Crippen molar-refractivity contribution < 1.29 is 28.9 Å². The number of piperidine rings is 1. The number of carbonyl (C=O) groups excluding carboxylic acids is 2. The van der Waals surface area contributed by atoms with E-state index >= 15 is 0 Å². The van der Waals surface area contributed by atoms with Gasteiger partial charge in [-0.25, -0.2) is 4.79 Å². The highest BCUT2D eigenvalue weighted by Gasteiger charge is 2.31. The summed E-state index contributed by atoms with van der Waals surface area (Å²) in [6, 6.07) is 12.0. The molecular formula is C20H19N3O8. The molecule has 0 radical (unpaired) electrons. The van der Waals surface area contributed by atoms with Gasteiger partial charge in [0.05, 0.1) is 21.8 Å². The van der Waals surface area contributed by atoms with Crippen LogP contribution in [0, 0.1) is 26.1 Å². The second-order valence-corrected chi connectivity index (χ2v) is 6.89. The molecule has 0 saturated carbocycles. The van der Waals surface area contributed by atoms with Gasteiger partial charge in [-0.3, -0.25) is 25.0 Å². The molecule has 1 saturated heterocycles. The SMILES string of the molecule is O=C(Oc1ccc([N+](=O)[O-])cc1[N+](=O)[O-])C1CCN(C(=O)OCc2ccccc2)CC1. The first kappa shape index (κ1) is 21.7. The largest absolute Gasteiger partial charge is 0.445 e. The lowest BCUT2D eigenvalue weighted by Crippen LogP contribution is -2.41. The summed E-state index contributed by atoms with van der Waals surface area (Å²) in [6.45, 7) is 0.691. The van der Waals surface area contributed by atoms with Gasteiger partial charge in [0.25, 0.3) is 5.69 Å². The summed E-state index contributed by atoms with van der Waals surface area (Å²) in [6.07, 6.45) is 0.127. The normalized spacial score (nSPS) is 14.0. The summed E-state index contributed by atoms with van der Waals surface area (Å²) in [5.74, 6) is -1.60. The Kier molecular flexibility index (Phi) is 6.75.